The molecule has 0 aliphatic carbocycles. The third-order valence-corrected chi connectivity index (χ3v) is 4.38. The molecule has 0 spiro atoms. The molecule has 0 saturated heterocycles. The molecule has 1 aliphatic rings. The molecule has 6 heteroatoms. The molecular weight excluding hydrogens is 335 g/mol. The molecule has 132 valence electrons. The van der Waals surface area contributed by atoms with Crippen molar-refractivity contribution < 1.29 is 18.3 Å². The number of para-hydroxylation sites is 1. The molecule has 0 N–H and O–H groups in total. The van der Waals surface area contributed by atoms with Gasteiger partial charge in [0.15, 0.2) is 23.9 Å². The summed E-state index contributed by atoms with van der Waals surface area (Å²) in [6, 6.07) is 14.2. The van der Waals surface area contributed by atoms with E-state index < -0.39 is 5.82 Å². The van der Waals surface area contributed by atoms with E-state index in [0.29, 0.717) is 13.1 Å². The minimum Gasteiger partial charge on any atom is -0.481 e. The van der Waals surface area contributed by atoms with E-state index in [0.717, 1.165) is 12.0 Å². The minimum absolute atomic E-state index is 0.0446. The van der Waals surface area contributed by atoms with Crippen LogP contribution in [-0.2, 0) is 19.6 Å². The number of amides is 1. The predicted octanol–water partition coefficient (Wildman–Crippen LogP) is 3.59. The van der Waals surface area contributed by atoms with E-state index in [2.05, 4.69) is 11.1 Å². The average Bonchev–Trinajstić information content (AvgIpc) is 3.15. The van der Waals surface area contributed by atoms with Gasteiger partial charge in [-0.2, -0.15) is 0 Å². The molecular formula is C20H17FN2O3. The van der Waals surface area contributed by atoms with Gasteiger partial charge in [0.1, 0.15) is 6.26 Å². The maximum Gasteiger partial charge on any atom is 0.276 e. The van der Waals surface area contributed by atoms with Crippen LogP contribution in [0, 0.1) is 5.82 Å². The molecule has 0 atom stereocenters. The lowest BCUT2D eigenvalue weighted by Crippen LogP contribution is -2.36. The lowest BCUT2D eigenvalue weighted by Gasteiger charge is -2.28. The summed E-state index contributed by atoms with van der Waals surface area (Å²) in [7, 11) is 0. The number of hydrogen-bond donors (Lipinski definition) is 0. The first kappa shape index (κ1) is 16.3. The fourth-order valence-electron chi connectivity index (χ4n) is 3.01. The molecule has 0 radical (unpaired) electrons. The van der Waals surface area contributed by atoms with Crippen LogP contribution in [0.25, 0.3) is 0 Å². The van der Waals surface area contributed by atoms with Gasteiger partial charge in [-0.15, -0.1) is 0 Å². The van der Waals surface area contributed by atoms with Crippen LogP contribution in [0.15, 0.2) is 59.2 Å². The van der Waals surface area contributed by atoms with Crippen molar-refractivity contribution in [3.63, 3.8) is 0 Å². The fraction of sp³-hybridized carbons (Fsp3) is 0.200. The molecule has 1 amide bonds. The topological polar surface area (TPSA) is 55.6 Å². The second-order valence-corrected chi connectivity index (χ2v) is 6.09. The van der Waals surface area contributed by atoms with Crippen molar-refractivity contribution in [2.45, 2.75) is 19.6 Å². The van der Waals surface area contributed by atoms with E-state index in [1.165, 1.54) is 24.0 Å². The van der Waals surface area contributed by atoms with Gasteiger partial charge in [0.2, 0.25) is 5.89 Å². The molecule has 2 heterocycles. The highest BCUT2D eigenvalue weighted by Crippen LogP contribution is 2.21. The Kier molecular flexibility index (Phi) is 4.39. The number of carbonyl (C=O) groups is 1. The Morgan fingerprint density at radius 2 is 1.92 bits per heavy atom. The number of fused-ring (bicyclic) bond motifs is 1. The largest absolute Gasteiger partial charge is 0.481 e. The van der Waals surface area contributed by atoms with Gasteiger partial charge in [-0.05, 0) is 29.7 Å². The monoisotopic (exact) mass is 352 g/mol. The van der Waals surface area contributed by atoms with Gasteiger partial charge in [0.25, 0.3) is 5.91 Å². The molecule has 4 rings (SSSR count). The minimum atomic E-state index is -0.456. The van der Waals surface area contributed by atoms with E-state index >= 15 is 0 Å². The van der Waals surface area contributed by atoms with Crippen molar-refractivity contribution in [2.24, 2.45) is 0 Å². The number of nitrogens with zero attached hydrogens (tertiary/aromatic N) is 2. The summed E-state index contributed by atoms with van der Waals surface area (Å²) in [4.78, 5) is 18.6. The number of oxazole rings is 1. The smallest absolute Gasteiger partial charge is 0.276 e. The van der Waals surface area contributed by atoms with Crippen LogP contribution in [0.2, 0.25) is 0 Å². The number of halogens is 1. The maximum absolute atomic E-state index is 13.6. The Labute approximate surface area is 150 Å². The lowest BCUT2D eigenvalue weighted by atomic mass is 10.00. The van der Waals surface area contributed by atoms with Gasteiger partial charge in [0.05, 0.1) is 0 Å². The Morgan fingerprint density at radius 1 is 1.15 bits per heavy atom. The highest BCUT2D eigenvalue weighted by atomic mass is 19.1. The number of benzene rings is 2. The van der Waals surface area contributed by atoms with Gasteiger partial charge < -0.3 is 14.1 Å². The SMILES string of the molecule is O=C(c1coc(COc2ccccc2F)n1)N1CCc2ccccc2C1. The standard InChI is InChI=1S/C20H17FN2O3/c21-16-7-3-4-8-18(16)25-13-19-22-17(12-26-19)20(24)23-10-9-14-5-1-2-6-15(14)11-23/h1-8,12H,9-11,13H2. The normalized spacial score (nSPS) is 13.3. The zero-order chi connectivity index (χ0) is 17.9. The molecule has 2 aromatic carbocycles. The average molecular weight is 352 g/mol. The molecule has 0 bridgehead atoms. The second kappa shape index (κ2) is 7.00. The summed E-state index contributed by atoms with van der Waals surface area (Å²) in [5, 5.41) is 0. The van der Waals surface area contributed by atoms with Crippen molar-refractivity contribution >= 4 is 5.91 Å². The van der Waals surface area contributed by atoms with E-state index in [-0.39, 0.29) is 29.8 Å². The van der Waals surface area contributed by atoms with Crippen molar-refractivity contribution in [3.05, 3.63) is 83.3 Å². The highest BCUT2D eigenvalue weighted by molar-refractivity contribution is 5.92. The van der Waals surface area contributed by atoms with E-state index in [1.54, 1.807) is 17.0 Å². The van der Waals surface area contributed by atoms with Crippen LogP contribution in [0.4, 0.5) is 4.39 Å². The summed E-state index contributed by atoms with van der Waals surface area (Å²) < 4.78 is 24.2. The quantitative estimate of drug-likeness (QED) is 0.720. The summed E-state index contributed by atoms with van der Waals surface area (Å²) in [6.07, 6.45) is 2.14. The van der Waals surface area contributed by atoms with Gasteiger partial charge >= 0.3 is 0 Å². The zero-order valence-corrected chi connectivity index (χ0v) is 14.0. The Balaban J connectivity index is 1.41. The predicted molar refractivity (Wildman–Crippen MR) is 92.1 cm³/mol. The van der Waals surface area contributed by atoms with E-state index in [4.69, 9.17) is 9.15 Å². The number of rotatable bonds is 4. The van der Waals surface area contributed by atoms with Gasteiger partial charge in [0, 0.05) is 13.1 Å². The lowest BCUT2D eigenvalue weighted by molar-refractivity contribution is 0.0728. The Morgan fingerprint density at radius 3 is 2.77 bits per heavy atom. The first-order valence-electron chi connectivity index (χ1n) is 8.38. The molecule has 5 nitrogen and oxygen atoms in total. The molecule has 0 saturated carbocycles. The van der Waals surface area contributed by atoms with Crippen LogP contribution < -0.4 is 4.74 Å². The highest BCUT2D eigenvalue weighted by Gasteiger charge is 2.24. The van der Waals surface area contributed by atoms with Gasteiger partial charge in [-0.25, -0.2) is 9.37 Å². The first-order valence-corrected chi connectivity index (χ1v) is 8.38. The van der Waals surface area contributed by atoms with Crippen LogP contribution in [0.1, 0.15) is 27.5 Å². The number of hydrogen-bond acceptors (Lipinski definition) is 4. The second-order valence-electron chi connectivity index (χ2n) is 6.09. The van der Waals surface area contributed by atoms with Gasteiger partial charge in [-0.1, -0.05) is 36.4 Å². The van der Waals surface area contributed by atoms with Gasteiger partial charge in [-0.3, -0.25) is 4.79 Å². The summed E-state index contributed by atoms with van der Waals surface area (Å²) in [6.45, 7) is 1.16. The first-order chi connectivity index (χ1) is 12.7. The zero-order valence-electron chi connectivity index (χ0n) is 14.0. The molecule has 26 heavy (non-hydrogen) atoms. The third-order valence-electron chi connectivity index (χ3n) is 4.38. The number of carbonyl (C=O) groups excluding carboxylic acids is 1. The van der Waals surface area contributed by atoms with E-state index in [9.17, 15) is 9.18 Å². The summed E-state index contributed by atoms with van der Waals surface area (Å²) in [5.74, 6) is -0.289. The molecule has 3 aromatic rings. The van der Waals surface area contributed by atoms with Crippen LogP contribution >= 0.6 is 0 Å². The van der Waals surface area contributed by atoms with E-state index in [1.807, 2.05) is 18.2 Å². The molecule has 0 unspecified atom stereocenters. The van der Waals surface area contributed by atoms with Crippen LogP contribution in [0.3, 0.4) is 0 Å². The fourth-order valence-corrected chi connectivity index (χ4v) is 3.01. The van der Waals surface area contributed by atoms with Crippen molar-refractivity contribution in [1.82, 2.24) is 9.88 Å². The Hall–Kier alpha value is -3.15. The Bertz CT molecular complexity index is 938. The van der Waals surface area contributed by atoms with Crippen molar-refractivity contribution in [1.29, 1.82) is 0 Å². The number of aromatic nitrogens is 1. The molecule has 0 fully saturated rings. The van der Waals surface area contributed by atoms with Crippen LogP contribution in [-0.4, -0.2) is 22.3 Å². The molecule has 1 aliphatic heterocycles. The maximum atomic E-state index is 13.6. The third kappa shape index (κ3) is 3.31. The van der Waals surface area contributed by atoms with Crippen molar-refractivity contribution in [3.8, 4) is 5.75 Å². The summed E-state index contributed by atoms with van der Waals surface area (Å²) in [5.41, 5.74) is 2.66. The number of ether oxygens (including phenoxy) is 1. The van der Waals surface area contributed by atoms with Crippen LogP contribution in [0.5, 0.6) is 5.75 Å². The summed E-state index contributed by atoms with van der Waals surface area (Å²) >= 11 is 0. The van der Waals surface area contributed by atoms with Crippen molar-refractivity contribution in [2.75, 3.05) is 6.54 Å². The molecule has 1 aromatic heterocycles.